The third-order valence-electron chi connectivity index (χ3n) is 3.70. The van der Waals surface area contributed by atoms with Crippen molar-refractivity contribution in [2.24, 2.45) is 17.8 Å². The Morgan fingerprint density at radius 2 is 1.81 bits per heavy atom. The number of hydrogen-bond acceptors (Lipinski definition) is 2. The monoisotopic (exact) mass is 227 g/mol. The molecule has 1 fully saturated rings. The second-order valence-electron chi connectivity index (χ2n) is 6.20. The van der Waals surface area contributed by atoms with Gasteiger partial charge in [0.15, 0.2) is 0 Å². The molecule has 4 unspecified atom stereocenters. The summed E-state index contributed by atoms with van der Waals surface area (Å²) in [7, 11) is 0. The maximum atomic E-state index is 6.11. The van der Waals surface area contributed by atoms with Crippen molar-refractivity contribution >= 4 is 0 Å². The van der Waals surface area contributed by atoms with Gasteiger partial charge in [-0.15, -0.1) is 0 Å². The van der Waals surface area contributed by atoms with Crippen molar-refractivity contribution < 1.29 is 4.74 Å². The molecule has 0 aliphatic carbocycles. The van der Waals surface area contributed by atoms with Crippen LogP contribution in [0.1, 0.15) is 48.0 Å². The fourth-order valence-electron chi connectivity index (χ4n) is 2.40. The Balaban J connectivity index is 2.70. The minimum Gasteiger partial charge on any atom is -0.376 e. The van der Waals surface area contributed by atoms with Gasteiger partial charge in [0.25, 0.3) is 0 Å². The zero-order valence-corrected chi connectivity index (χ0v) is 11.8. The molecule has 1 heterocycles. The molecule has 0 spiro atoms. The lowest BCUT2D eigenvalue weighted by Gasteiger charge is -2.31. The Morgan fingerprint density at radius 3 is 2.31 bits per heavy atom. The Kier molecular flexibility index (Phi) is 5.26. The van der Waals surface area contributed by atoms with E-state index in [2.05, 4.69) is 46.9 Å². The molecule has 0 aromatic carbocycles. The summed E-state index contributed by atoms with van der Waals surface area (Å²) in [5, 5.41) is 3.76. The van der Waals surface area contributed by atoms with E-state index in [0.29, 0.717) is 35.9 Å². The van der Waals surface area contributed by atoms with Crippen LogP contribution in [0.5, 0.6) is 0 Å². The van der Waals surface area contributed by atoms with Gasteiger partial charge in [0.2, 0.25) is 0 Å². The van der Waals surface area contributed by atoms with Gasteiger partial charge < -0.3 is 10.1 Å². The van der Waals surface area contributed by atoms with Crippen LogP contribution in [-0.4, -0.2) is 24.8 Å². The van der Waals surface area contributed by atoms with E-state index in [-0.39, 0.29) is 0 Å². The first-order valence-electron chi connectivity index (χ1n) is 6.79. The third-order valence-corrected chi connectivity index (χ3v) is 3.70. The molecule has 0 saturated carbocycles. The zero-order chi connectivity index (χ0) is 12.3. The SMILES string of the molecule is CC(C)CC1OCC(C)C(C)NC1C(C)C. The van der Waals surface area contributed by atoms with Gasteiger partial charge in [-0.2, -0.15) is 0 Å². The van der Waals surface area contributed by atoms with E-state index in [0.717, 1.165) is 13.0 Å². The van der Waals surface area contributed by atoms with Crippen molar-refractivity contribution in [2.75, 3.05) is 6.61 Å². The van der Waals surface area contributed by atoms with Crippen molar-refractivity contribution in [3.63, 3.8) is 0 Å². The molecule has 0 radical (unpaired) electrons. The minimum atomic E-state index is 0.382. The van der Waals surface area contributed by atoms with Crippen molar-refractivity contribution in [1.82, 2.24) is 5.32 Å². The first-order chi connectivity index (χ1) is 7.41. The van der Waals surface area contributed by atoms with Gasteiger partial charge >= 0.3 is 0 Å². The molecule has 0 bridgehead atoms. The van der Waals surface area contributed by atoms with Crippen molar-refractivity contribution in [3.8, 4) is 0 Å². The fraction of sp³-hybridized carbons (Fsp3) is 1.00. The summed E-state index contributed by atoms with van der Waals surface area (Å²) in [6.07, 6.45) is 1.54. The van der Waals surface area contributed by atoms with Crippen LogP contribution in [0.25, 0.3) is 0 Å². The average molecular weight is 227 g/mol. The second-order valence-corrected chi connectivity index (χ2v) is 6.20. The second kappa shape index (κ2) is 6.02. The Morgan fingerprint density at radius 1 is 1.19 bits per heavy atom. The molecule has 2 heteroatoms. The van der Waals surface area contributed by atoms with Crippen LogP contribution in [0, 0.1) is 17.8 Å². The van der Waals surface area contributed by atoms with Gasteiger partial charge in [-0.25, -0.2) is 0 Å². The highest BCUT2D eigenvalue weighted by Crippen LogP contribution is 2.23. The van der Waals surface area contributed by atoms with Crippen LogP contribution in [0.2, 0.25) is 0 Å². The van der Waals surface area contributed by atoms with E-state index in [9.17, 15) is 0 Å². The van der Waals surface area contributed by atoms with Gasteiger partial charge in [-0.05, 0) is 31.1 Å². The van der Waals surface area contributed by atoms with E-state index in [1.165, 1.54) is 0 Å². The molecule has 0 amide bonds. The van der Waals surface area contributed by atoms with E-state index >= 15 is 0 Å². The Hall–Kier alpha value is -0.0800. The number of nitrogens with one attached hydrogen (secondary N) is 1. The average Bonchev–Trinajstić information content (AvgIpc) is 2.30. The maximum absolute atomic E-state index is 6.11. The highest BCUT2D eigenvalue weighted by molar-refractivity contribution is 4.87. The summed E-state index contributed by atoms with van der Waals surface area (Å²) in [5.41, 5.74) is 0. The van der Waals surface area contributed by atoms with Crippen LogP contribution >= 0.6 is 0 Å². The van der Waals surface area contributed by atoms with Crippen LogP contribution in [0.3, 0.4) is 0 Å². The van der Waals surface area contributed by atoms with Crippen molar-refractivity contribution in [2.45, 2.75) is 66.2 Å². The van der Waals surface area contributed by atoms with Gasteiger partial charge in [0.05, 0.1) is 12.7 Å². The first kappa shape index (κ1) is 14.0. The normalized spacial score (nSPS) is 36.8. The largest absolute Gasteiger partial charge is 0.376 e. The van der Waals surface area contributed by atoms with Gasteiger partial charge in [-0.3, -0.25) is 0 Å². The fourth-order valence-corrected chi connectivity index (χ4v) is 2.40. The quantitative estimate of drug-likeness (QED) is 0.800. The molecule has 4 atom stereocenters. The topological polar surface area (TPSA) is 21.3 Å². The molecule has 1 saturated heterocycles. The van der Waals surface area contributed by atoms with Gasteiger partial charge in [0.1, 0.15) is 0 Å². The molecule has 1 rings (SSSR count). The lowest BCUT2D eigenvalue weighted by molar-refractivity contribution is 0.00870. The lowest BCUT2D eigenvalue weighted by atomic mass is 9.91. The molecule has 1 aliphatic heterocycles. The Labute approximate surface area is 101 Å². The summed E-state index contributed by atoms with van der Waals surface area (Å²) < 4.78 is 6.11. The summed E-state index contributed by atoms with van der Waals surface area (Å²) in [6.45, 7) is 14.6. The predicted molar refractivity (Wildman–Crippen MR) is 69.6 cm³/mol. The summed E-state index contributed by atoms with van der Waals surface area (Å²) in [5.74, 6) is 1.95. The number of rotatable bonds is 3. The van der Waals surface area contributed by atoms with Crippen LogP contribution in [0.4, 0.5) is 0 Å². The molecular formula is C14H29NO. The Bertz CT molecular complexity index is 203. The molecule has 0 aromatic heterocycles. The van der Waals surface area contributed by atoms with Gasteiger partial charge in [0, 0.05) is 12.1 Å². The van der Waals surface area contributed by atoms with Crippen molar-refractivity contribution in [1.29, 1.82) is 0 Å². The smallest absolute Gasteiger partial charge is 0.0733 e. The van der Waals surface area contributed by atoms with Crippen LogP contribution in [0.15, 0.2) is 0 Å². The van der Waals surface area contributed by atoms with Crippen LogP contribution in [-0.2, 0) is 4.74 Å². The molecule has 2 nitrogen and oxygen atoms in total. The third kappa shape index (κ3) is 3.74. The minimum absolute atomic E-state index is 0.382. The predicted octanol–water partition coefficient (Wildman–Crippen LogP) is 3.07. The van der Waals surface area contributed by atoms with Gasteiger partial charge in [-0.1, -0.05) is 34.6 Å². The highest BCUT2D eigenvalue weighted by atomic mass is 16.5. The van der Waals surface area contributed by atoms with E-state index < -0.39 is 0 Å². The molecular weight excluding hydrogens is 198 g/mol. The highest BCUT2D eigenvalue weighted by Gasteiger charge is 2.32. The zero-order valence-electron chi connectivity index (χ0n) is 11.8. The van der Waals surface area contributed by atoms with E-state index in [4.69, 9.17) is 4.74 Å². The van der Waals surface area contributed by atoms with E-state index in [1.807, 2.05) is 0 Å². The van der Waals surface area contributed by atoms with Crippen LogP contribution < -0.4 is 5.32 Å². The molecule has 96 valence electrons. The molecule has 16 heavy (non-hydrogen) atoms. The molecule has 1 aliphatic rings. The maximum Gasteiger partial charge on any atom is 0.0733 e. The number of ether oxygens (including phenoxy) is 1. The molecule has 0 aromatic rings. The number of hydrogen-bond donors (Lipinski definition) is 1. The first-order valence-corrected chi connectivity index (χ1v) is 6.79. The summed E-state index contributed by atoms with van der Waals surface area (Å²) in [4.78, 5) is 0. The summed E-state index contributed by atoms with van der Waals surface area (Å²) in [6, 6.07) is 1.06. The summed E-state index contributed by atoms with van der Waals surface area (Å²) >= 11 is 0. The lowest BCUT2D eigenvalue weighted by Crippen LogP contribution is -2.47. The standard InChI is InChI=1S/C14H29NO/c1-9(2)7-13-14(10(3)4)15-12(6)11(5)8-16-13/h9-15H,7-8H2,1-6H3. The van der Waals surface area contributed by atoms with Crippen molar-refractivity contribution in [3.05, 3.63) is 0 Å². The van der Waals surface area contributed by atoms with E-state index in [1.54, 1.807) is 0 Å². The molecule has 1 N–H and O–H groups in total.